The van der Waals surface area contributed by atoms with Gasteiger partial charge in [0, 0.05) is 51.5 Å². The number of carbonyl (C=O) groups is 3. The average molecular weight is 634 g/mol. The van der Waals surface area contributed by atoms with Gasteiger partial charge in [0.15, 0.2) is 5.69 Å². The summed E-state index contributed by atoms with van der Waals surface area (Å²) in [4.78, 5) is 35.1. The Morgan fingerprint density at radius 1 is 1.13 bits per heavy atom. The minimum atomic E-state index is -1.26. The van der Waals surface area contributed by atoms with Crippen LogP contribution in [0.4, 0.5) is 4.39 Å². The molecule has 1 unspecified atom stereocenters. The van der Waals surface area contributed by atoms with E-state index in [9.17, 15) is 23.9 Å². The smallest absolute Gasteiger partial charge is 0.328 e. The number of unbranched alkanes of at least 4 members (excludes halogenated alkanes) is 2. The van der Waals surface area contributed by atoms with Crippen LogP contribution in [0.25, 0.3) is 5.69 Å². The van der Waals surface area contributed by atoms with Crippen molar-refractivity contribution in [3.05, 3.63) is 53.6 Å². The molecule has 250 valence electrons. The van der Waals surface area contributed by atoms with Gasteiger partial charge in [-0.25, -0.2) is 18.7 Å². The number of methoxy groups -OCH3 is 1. The summed E-state index contributed by atoms with van der Waals surface area (Å²) in [6.07, 6.45) is 6.38. The minimum absolute atomic E-state index is 0.0649. The normalized spacial score (nSPS) is 17.1. The van der Waals surface area contributed by atoms with E-state index >= 15 is 0 Å². The third-order valence-electron chi connectivity index (χ3n) is 7.45. The van der Waals surface area contributed by atoms with E-state index < -0.39 is 17.8 Å². The standard InChI is InChI=1S/C28H44FN5O3.C4H4O4/c1-5-6-14-26(35)21-16-22(18-30-17-21)33(19-20(2)3)28(36)27-25(13-9-10-15-37-4)34(32-31-27)24-12-8-7-11-23(24)29;5-3(6)1-2-4(7)8/h7-8,11-12,20-22,26,30,35H,5-6,9-10,13-19H2,1-4H3;1-2H,(H,5,6)(H,7,8)/t21-,22+,26?;/m1./s1. The van der Waals surface area contributed by atoms with Crippen LogP contribution in [0.1, 0.15) is 75.5 Å². The van der Waals surface area contributed by atoms with E-state index in [1.54, 1.807) is 25.3 Å². The maximum absolute atomic E-state index is 14.7. The first-order valence-electron chi connectivity index (χ1n) is 15.5. The number of piperidine rings is 1. The predicted octanol–water partition coefficient (Wildman–Crippen LogP) is 3.71. The predicted molar refractivity (Wildman–Crippen MR) is 167 cm³/mol. The summed E-state index contributed by atoms with van der Waals surface area (Å²) in [5.41, 5.74) is 1.17. The van der Waals surface area contributed by atoms with E-state index in [2.05, 4.69) is 36.4 Å². The van der Waals surface area contributed by atoms with Crippen molar-refractivity contribution in [1.82, 2.24) is 25.2 Å². The fourth-order valence-corrected chi connectivity index (χ4v) is 5.25. The molecule has 4 N–H and O–H groups in total. The molecule has 1 saturated heterocycles. The second kappa shape index (κ2) is 19.7. The molecule has 3 atom stereocenters. The fraction of sp³-hybridized carbons (Fsp3) is 0.594. The number of aliphatic hydroxyl groups excluding tert-OH is 1. The minimum Gasteiger partial charge on any atom is -0.478 e. The maximum atomic E-state index is 14.7. The summed E-state index contributed by atoms with van der Waals surface area (Å²) in [6, 6.07) is 6.35. The summed E-state index contributed by atoms with van der Waals surface area (Å²) >= 11 is 0. The molecule has 1 amide bonds. The molecule has 12 nitrogen and oxygen atoms in total. The number of ether oxygens (including phenoxy) is 1. The Labute approximate surface area is 264 Å². The summed E-state index contributed by atoms with van der Waals surface area (Å²) < 4.78 is 21.4. The van der Waals surface area contributed by atoms with Gasteiger partial charge in [0.1, 0.15) is 11.5 Å². The van der Waals surface area contributed by atoms with Crippen LogP contribution >= 0.6 is 0 Å². The summed E-state index contributed by atoms with van der Waals surface area (Å²) in [5.74, 6) is -2.77. The highest BCUT2D eigenvalue weighted by Crippen LogP contribution is 2.26. The molecule has 1 aromatic heterocycles. The number of aliphatic carboxylic acids is 2. The number of nitrogens with one attached hydrogen (secondary N) is 1. The van der Waals surface area contributed by atoms with Crippen molar-refractivity contribution in [3.8, 4) is 5.69 Å². The van der Waals surface area contributed by atoms with Crippen molar-refractivity contribution in [2.45, 2.75) is 77.9 Å². The van der Waals surface area contributed by atoms with E-state index in [0.717, 1.165) is 45.1 Å². The Hall–Kier alpha value is -3.68. The molecule has 1 aromatic carbocycles. The number of halogens is 1. The van der Waals surface area contributed by atoms with Crippen LogP contribution in [-0.4, -0.2) is 98.6 Å². The number of amides is 1. The summed E-state index contributed by atoms with van der Waals surface area (Å²) in [6.45, 7) is 8.90. The van der Waals surface area contributed by atoms with E-state index in [4.69, 9.17) is 14.9 Å². The van der Waals surface area contributed by atoms with Crippen molar-refractivity contribution in [1.29, 1.82) is 0 Å². The first-order chi connectivity index (χ1) is 21.5. The van der Waals surface area contributed by atoms with Crippen molar-refractivity contribution in [2.24, 2.45) is 11.8 Å². The van der Waals surface area contributed by atoms with Gasteiger partial charge in [0.05, 0.1) is 11.8 Å². The maximum Gasteiger partial charge on any atom is 0.328 e. The first kappa shape index (κ1) is 37.5. The zero-order chi connectivity index (χ0) is 33.4. The summed E-state index contributed by atoms with van der Waals surface area (Å²) in [7, 11) is 1.66. The molecular formula is C32H48FN5O7. The number of aromatic nitrogens is 3. The molecule has 2 aromatic rings. The van der Waals surface area contributed by atoms with Gasteiger partial charge < -0.3 is 30.3 Å². The molecule has 1 aliphatic rings. The molecule has 1 fully saturated rings. The number of hydrogen-bond acceptors (Lipinski definition) is 8. The Bertz CT molecular complexity index is 1240. The average Bonchev–Trinajstić information content (AvgIpc) is 3.43. The van der Waals surface area contributed by atoms with Crippen LogP contribution in [0, 0.1) is 17.7 Å². The Balaban J connectivity index is 0.000000777. The second-order valence-electron chi connectivity index (χ2n) is 11.6. The zero-order valence-electron chi connectivity index (χ0n) is 26.7. The molecule has 45 heavy (non-hydrogen) atoms. The Kier molecular flexibility index (Phi) is 16.4. The molecule has 0 radical (unpaired) electrons. The SMILES string of the molecule is CCCCC(O)[C@H]1CNC[C@@H](N(CC(C)C)C(=O)c2nnn(-c3ccccc3F)c2CCCCOC)C1.O=C(O)C=CC(=O)O. The number of rotatable bonds is 16. The summed E-state index contributed by atoms with van der Waals surface area (Å²) in [5, 5.41) is 38.4. The molecule has 2 heterocycles. The van der Waals surface area contributed by atoms with Crippen LogP contribution < -0.4 is 5.32 Å². The van der Waals surface area contributed by atoms with Crippen molar-refractivity contribution in [3.63, 3.8) is 0 Å². The van der Waals surface area contributed by atoms with Gasteiger partial charge in [-0.15, -0.1) is 5.10 Å². The lowest BCUT2D eigenvalue weighted by Gasteiger charge is -2.40. The first-order valence-corrected chi connectivity index (χ1v) is 15.5. The van der Waals surface area contributed by atoms with E-state index in [1.165, 1.54) is 10.7 Å². The second-order valence-corrected chi connectivity index (χ2v) is 11.6. The number of para-hydroxylation sites is 1. The molecule has 1 aliphatic heterocycles. The molecule has 0 aliphatic carbocycles. The van der Waals surface area contributed by atoms with Gasteiger partial charge in [0.25, 0.3) is 5.91 Å². The number of aliphatic hydroxyl groups is 1. The van der Waals surface area contributed by atoms with Gasteiger partial charge >= 0.3 is 11.9 Å². The van der Waals surface area contributed by atoms with E-state index in [-0.39, 0.29) is 41.3 Å². The van der Waals surface area contributed by atoms with Gasteiger partial charge in [-0.2, -0.15) is 0 Å². The van der Waals surface area contributed by atoms with Crippen LogP contribution in [0.3, 0.4) is 0 Å². The van der Waals surface area contributed by atoms with Crippen LogP contribution in [0.2, 0.25) is 0 Å². The van der Waals surface area contributed by atoms with Crippen LogP contribution in [-0.2, 0) is 20.7 Å². The van der Waals surface area contributed by atoms with Gasteiger partial charge in [-0.3, -0.25) is 4.79 Å². The highest BCUT2D eigenvalue weighted by atomic mass is 19.1. The lowest BCUT2D eigenvalue weighted by molar-refractivity contribution is -0.134. The third kappa shape index (κ3) is 12.3. The van der Waals surface area contributed by atoms with E-state index in [1.807, 2.05) is 4.90 Å². The zero-order valence-corrected chi connectivity index (χ0v) is 26.7. The number of hydrogen-bond donors (Lipinski definition) is 4. The van der Waals surface area contributed by atoms with Gasteiger partial charge in [-0.05, 0) is 56.1 Å². The molecule has 0 saturated carbocycles. The van der Waals surface area contributed by atoms with Gasteiger partial charge in [0.2, 0.25) is 0 Å². The topological polar surface area (TPSA) is 167 Å². The molecule has 0 bridgehead atoms. The number of benzene rings is 1. The van der Waals surface area contributed by atoms with Gasteiger partial charge in [-0.1, -0.05) is 51.0 Å². The lowest BCUT2D eigenvalue weighted by Crippen LogP contribution is -2.54. The molecule has 13 heteroatoms. The molecular weight excluding hydrogens is 585 g/mol. The number of carboxylic acids is 2. The lowest BCUT2D eigenvalue weighted by atomic mass is 9.87. The Morgan fingerprint density at radius 3 is 2.42 bits per heavy atom. The number of carboxylic acid groups (broad SMARTS) is 2. The molecule has 0 spiro atoms. The quantitative estimate of drug-likeness (QED) is 0.158. The number of nitrogens with zero attached hydrogens (tertiary/aromatic N) is 4. The Morgan fingerprint density at radius 2 is 1.82 bits per heavy atom. The van der Waals surface area contributed by atoms with Crippen molar-refractivity contribution < 1.29 is 38.8 Å². The van der Waals surface area contributed by atoms with E-state index in [0.29, 0.717) is 44.0 Å². The van der Waals surface area contributed by atoms with Crippen molar-refractivity contribution >= 4 is 17.8 Å². The van der Waals surface area contributed by atoms with Crippen LogP contribution in [0.15, 0.2) is 36.4 Å². The largest absolute Gasteiger partial charge is 0.478 e. The third-order valence-corrected chi connectivity index (χ3v) is 7.45. The van der Waals surface area contributed by atoms with Crippen molar-refractivity contribution in [2.75, 3.05) is 33.4 Å². The molecule has 3 rings (SSSR count). The monoisotopic (exact) mass is 633 g/mol. The van der Waals surface area contributed by atoms with Crippen LogP contribution in [0.5, 0.6) is 0 Å². The fourth-order valence-electron chi connectivity index (χ4n) is 5.25. The highest BCUT2D eigenvalue weighted by Gasteiger charge is 2.35. The highest BCUT2D eigenvalue weighted by molar-refractivity contribution is 5.93. The number of carbonyl (C=O) groups excluding carboxylic acids is 1.